The zero-order valence-electron chi connectivity index (χ0n) is 18.4. The normalized spacial score (nSPS) is 15.9. The number of aromatic nitrogens is 3. The van der Waals surface area contributed by atoms with E-state index in [1.54, 1.807) is 30.7 Å². The maximum atomic E-state index is 13.2. The van der Waals surface area contributed by atoms with Crippen molar-refractivity contribution in [1.29, 1.82) is 0 Å². The summed E-state index contributed by atoms with van der Waals surface area (Å²) in [5.74, 6) is 1.66. The van der Waals surface area contributed by atoms with Crippen molar-refractivity contribution in [1.82, 2.24) is 20.3 Å². The summed E-state index contributed by atoms with van der Waals surface area (Å²) in [4.78, 5) is 28.5. The Kier molecular flexibility index (Phi) is 5.85. The molecule has 7 nitrogen and oxygen atoms in total. The Hall–Kier alpha value is -4.00. The van der Waals surface area contributed by atoms with Gasteiger partial charge in [-0.1, -0.05) is 42.0 Å². The SMILES string of the molecule is Cc1ccc(-c2cnc(-c3ccccc3C(=O)NC3CCCN(c4ncccn4)C3)o2)cc1. The molecule has 1 aliphatic rings. The van der Waals surface area contributed by atoms with E-state index in [1.165, 1.54) is 5.56 Å². The van der Waals surface area contributed by atoms with Gasteiger partial charge in [-0.3, -0.25) is 4.79 Å². The highest BCUT2D eigenvalue weighted by Crippen LogP contribution is 2.28. The molecule has 1 unspecified atom stereocenters. The standard InChI is InChI=1S/C26H25N5O2/c1-18-9-11-19(12-10-18)23-16-29-25(33-23)22-8-3-2-7-21(22)24(32)30-20-6-4-15-31(17-20)26-27-13-5-14-28-26/h2-3,5,7-14,16,20H,4,6,15,17H2,1H3,(H,30,32). The fourth-order valence-electron chi connectivity index (χ4n) is 4.11. The number of aryl methyl sites for hydroxylation is 1. The Balaban J connectivity index is 1.34. The van der Waals surface area contributed by atoms with Crippen molar-refractivity contribution in [2.24, 2.45) is 0 Å². The van der Waals surface area contributed by atoms with E-state index in [0.29, 0.717) is 35.3 Å². The first kappa shape index (κ1) is 20.9. The van der Waals surface area contributed by atoms with Crippen molar-refractivity contribution in [3.63, 3.8) is 0 Å². The second kappa shape index (κ2) is 9.24. The molecule has 4 aromatic rings. The molecule has 3 heterocycles. The minimum absolute atomic E-state index is 0.00999. The second-order valence-electron chi connectivity index (χ2n) is 8.25. The largest absolute Gasteiger partial charge is 0.436 e. The number of carbonyl (C=O) groups is 1. The summed E-state index contributed by atoms with van der Waals surface area (Å²) in [6.45, 7) is 3.60. The van der Waals surface area contributed by atoms with Gasteiger partial charge in [0.2, 0.25) is 11.8 Å². The molecule has 33 heavy (non-hydrogen) atoms. The quantitative estimate of drug-likeness (QED) is 0.493. The molecule has 7 heteroatoms. The zero-order chi connectivity index (χ0) is 22.6. The van der Waals surface area contributed by atoms with E-state index < -0.39 is 0 Å². The molecule has 0 saturated carbocycles. The van der Waals surface area contributed by atoms with Crippen LogP contribution in [-0.2, 0) is 0 Å². The van der Waals surface area contributed by atoms with Crippen molar-refractivity contribution in [3.8, 4) is 22.8 Å². The average molecular weight is 440 g/mol. The lowest BCUT2D eigenvalue weighted by Gasteiger charge is -2.33. The van der Waals surface area contributed by atoms with Gasteiger partial charge in [-0.2, -0.15) is 0 Å². The number of anilines is 1. The third kappa shape index (κ3) is 4.62. The Morgan fingerprint density at radius 3 is 2.64 bits per heavy atom. The summed E-state index contributed by atoms with van der Waals surface area (Å²) in [7, 11) is 0. The Morgan fingerprint density at radius 1 is 1.03 bits per heavy atom. The summed E-state index contributed by atoms with van der Waals surface area (Å²) >= 11 is 0. The van der Waals surface area contributed by atoms with E-state index in [2.05, 4.69) is 25.2 Å². The Bertz CT molecular complexity index is 1240. The predicted molar refractivity (Wildman–Crippen MR) is 127 cm³/mol. The number of nitrogens with zero attached hydrogens (tertiary/aromatic N) is 4. The first-order valence-electron chi connectivity index (χ1n) is 11.1. The van der Waals surface area contributed by atoms with Crippen LogP contribution in [0.5, 0.6) is 0 Å². The summed E-state index contributed by atoms with van der Waals surface area (Å²) in [6.07, 6.45) is 7.05. The number of hydrogen-bond acceptors (Lipinski definition) is 6. The minimum Gasteiger partial charge on any atom is -0.436 e. The molecule has 1 N–H and O–H groups in total. The molecule has 1 aliphatic heterocycles. The van der Waals surface area contributed by atoms with Crippen LogP contribution in [0.3, 0.4) is 0 Å². The number of rotatable bonds is 5. The molecule has 5 rings (SSSR count). The van der Waals surface area contributed by atoms with Crippen LogP contribution >= 0.6 is 0 Å². The second-order valence-corrected chi connectivity index (χ2v) is 8.25. The van der Waals surface area contributed by atoms with Gasteiger partial charge < -0.3 is 14.6 Å². The monoisotopic (exact) mass is 439 g/mol. The molecule has 0 bridgehead atoms. The molecular weight excluding hydrogens is 414 g/mol. The molecule has 0 radical (unpaired) electrons. The van der Waals surface area contributed by atoms with Gasteiger partial charge in [0.15, 0.2) is 5.76 Å². The lowest BCUT2D eigenvalue weighted by Crippen LogP contribution is -2.48. The Labute approximate surface area is 192 Å². The summed E-state index contributed by atoms with van der Waals surface area (Å²) < 4.78 is 6.04. The van der Waals surface area contributed by atoms with Crippen LogP contribution in [0.4, 0.5) is 5.95 Å². The van der Waals surface area contributed by atoms with Crippen LogP contribution in [0.15, 0.2) is 77.6 Å². The van der Waals surface area contributed by atoms with Gasteiger partial charge in [0.05, 0.1) is 11.8 Å². The van der Waals surface area contributed by atoms with Crippen molar-refractivity contribution < 1.29 is 9.21 Å². The molecule has 1 atom stereocenters. The van der Waals surface area contributed by atoms with Gasteiger partial charge in [0.25, 0.3) is 5.91 Å². The lowest BCUT2D eigenvalue weighted by atomic mass is 10.0. The molecule has 0 aliphatic carbocycles. The number of oxazole rings is 1. The van der Waals surface area contributed by atoms with Crippen LogP contribution < -0.4 is 10.2 Å². The molecule has 1 saturated heterocycles. The van der Waals surface area contributed by atoms with E-state index in [9.17, 15) is 4.79 Å². The van der Waals surface area contributed by atoms with E-state index >= 15 is 0 Å². The lowest BCUT2D eigenvalue weighted by molar-refractivity contribution is 0.0933. The number of nitrogens with one attached hydrogen (secondary N) is 1. The van der Waals surface area contributed by atoms with Crippen LogP contribution in [0, 0.1) is 6.92 Å². The third-order valence-electron chi connectivity index (χ3n) is 5.84. The molecule has 0 spiro atoms. The molecular formula is C26H25N5O2. The third-order valence-corrected chi connectivity index (χ3v) is 5.84. The first-order chi connectivity index (χ1) is 16.2. The summed E-state index contributed by atoms with van der Waals surface area (Å²) in [6, 6.07) is 17.3. The highest BCUT2D eigenvalue weighted by molar-refractivity contribution is 6.00. The number of piperidine rings is 1. The summed E-state index contributed by atoms with van der Waals surface area (Å²) in [5.41, 5.74) is 3.35. The summed E-state index contributed by atoms with van der Waals surface area (Å²) in [5, 5.41) is 3.18. The van der Waals surface area contributed by atoms with E-state index in [0.717, 1.165) is 24.9 Å². The van der Waals surface area contributed by atoms with E-state index in [4.69, 9.17) is 4.42 Å². The van der Waals surface area contributed by atoms with Crippen molar-refractivity contribution in [2.75, 3.05) is 18.0 Å². The van der Waals surface area contributed by atoms with Gasteiger partial charge in [0, 0.05) is 42.7 Å². The van der Waals surface area contributed by atoms with Gasteiger partial charge >= 0.3 is 0 Å². The molecule has 166 valence electrons. The predicted octanol–water partition coefficient (Wildman–Crippen LogP) is 4.51. The maximum Gasteiger partial charge on any atom is 0.252 e. The van der Waals surface area contributed by atoms with Crippen LogP contribution in [0.1, 0.15) is 28.8 Å². The van der Waals surface area contributed by atoms with Crippen molar-refractivity contribution >= 4 is 11.9 Å². The van der Waals surface area contributed by atoms with Crippen molar-refractivity contribution in [2.45, 2.75) is 25.8 Å². The highest BCUT2D eigenvalue weighted by atomic mass is 16.4. The molecule has 2 aromatic heterocycles. The Morgan fingerprint density at radius 2 is 1.82 bits per heavy atom. The van der Waals surface area contributed by atoms with Gasteiger partial charge in [-0.05, 0) is 38.0 Å². The molecule has 1 amide bonds. The highest BCUT2D eigenvalue weighted by Gasteiger charge is 2.25. The fraction of sp³-hybridized carbons (Fsp3) is 0.231. The maximum absolute atomic E-state index is 13.2. The number of carbonyl (C=O) groups excluding carboxylic acids is 1. The first-order valence-corrected chi connectivity index (χ1v) is 11.1. The minimum atomic E-state index is -0.137. The molecule has 2 aromatic carbocycles. The van der Waals surface area contributed by atoms with Crippen LogP contribution in [0.25, 0.3) is 22.8 Å². The fourth-order valence-corrected chi connectivity index (χ4v) is 4.11. The average Bonchev–Trinajstić information content (AvgIpc) is 3.35. The smallest absolute Gasteiger partial charge is 0.252 e. The van der Waals surface area contributed by atoms with Gasteiger partial charge in [-0.25, -0.2) is 15.0 Å². The van der Waals surface area contributed by atoms with E-state index in [-0.39, 0.29) is 11.9 Å². The van der Waals surface area contributed by atoms with Crippen molar-refractivity contribution in [3.05, 3.63) is 84.3 Å². The zero-order valence-corrected chi connectivity index (χ0v) is 18.4. The van der Waals surface area contributed by atoms with E-state index in [1.807, 2.05) is 49.4 Å². The topological polar surface area (TPSA) is 84.2 Å². The molecule has 1 fully saturated rings. The number of benzene rings is 2. The number of amides is 1. The van der Waals surface area contributed by atoms with Gasteiger partial charge in [-0.15, -0.1) is 0 Å². The van der Waals surface area contributed by atoms with Crippen LogP contribution in [-0.4, -0.2) is 40.0 Å². The van der Waals surface area contributed by atoms with Gasteiger partial charge in [0.1, 0.15) is 0 Å². The number of hydrogen-bond donors (Lipinski definition) is 1. The van der Waals surface area contributed by atoms with Crippen LogP contribution in [0.2, 0.25) is 0 Å².